The summed E-state index contributed by atoms with van der Waals surface area (Å²) < 4.78 is 0. The van der Waals surface area contributed by atoms with Crippen molar-refractivity contribution in [2.45, 2.75) is 13.3 Å². The van der Waals surface area contributed by atoms with Gasteiger partial charge in [-0.25, -0.2) is 0 Å². The monoisotopic (exact) mass is 261 g/mol. The van der Waals surface area contributed by atoms with Crippen LogP contribution < -0.4 is 5.32 Å². The molecule has 1 heterocycles. The van der Waals surface area contributed by atoms with E-state index in [9.17, 15) is 10.2 Å². The number of nitrogens with zero attached hydrogens (tertiary/aromatic N) is 2. The van der Waals surface area contributed by atoms with Crippen LogP contribution in [0.25, 0.3) is 0 Å². The van der Waals surface area contributed by atoms with Crippen molar-refractivity contribution in [3.8, 4) is 11.5 Å². The third kappa shape index (κ3) is 3.40. The van der Waals surface area contributed by atoms with Crippen molar-refractivity contribution in [2.24, 2.45) is 4.99 Å². The molecule has 1 aliphatic rings. The van der Waals surface area contributed by atoms with E-state index in [1.54, 1.807) is 25.1 Å². The molecule has 0 bridgehead atoms. The largest absolute Gasteiger partial charge is 0.507 e. The molecule has 0 atom stereocenters. The maximum absolute atomic E-state index is 9.72. The zero-order chi connectivity index (χ0) is 13.7. The molecule has 0 fully saturated rings. The number of benzene rings is 1. The molecule has 5 nitrogen and oxygen atoms in total. The molecule has 0 unspecified atom stereocenters. The predicted molar refractivity (Wildman–Crippen MR) is 75.3 cm³/mol. The van der Waals surface area contributed by atoms with Gasteiger partial charge in [-0.15, -0.1) is 0 Å². The van der Waals surface area contributed by atoms with Gasteiger partial charge < -0.3 is 20.4 Å². The summed E-state index contributed by atoms with van der Waals surface area (Å²) in [7, 11) is 0. The third-order valence-electron chi connectivity index (χ3n) is 3.03. The zero-order valence-electron chi connectivity index (χ0n) is 11.0. The lowest BCUT2D eigenvalue weighted by atomic mass is 10.1. The van der Waals surface area contributed by atoms with E-state index in [1.807, 2.05) is 12.4 Å². The van der Waals surface area contributed by atoms with Crippen LogP contribution in [-0.4, -0.2) is 40.6 Å². The van der Waals surface area contributed by atoms with Crippen molar-refractivity contribution < 1.29 is 10.2 Å². The van der Waals surface area contributed by atoms with Crippen LogP contribution in [0.4, 0.5) is 0 Å². The van der Waals surface area contributed by atoms with Gasteiger partial charge in [-0.3, -0.25) is 4.99 Å². The molecule has 5 heteroatoms. The van der Waals surface area contributed by atoms with Gasteiger partial charge in [-0.2, -0.15) is 0 Å². The fourth-order valence-electron chi connectivity index (χ4n) is 2.03. The summed E-state index contributed by atoms with van der Waals surface area (Å²) in [5.74, 6) is 0.126. The Bertz CT molecular complexity index is 477. The molecular weight excluding hydrogens is 242 g/mol. The first-order valence-corrected chi connectivity index (χ1v) is 6.35. The average Bonchev–Trinajstić information content (AvgIpc) is 2.87. The van der Waals surface area contributed by atoms with Gasteiger partial charge in [-0.05, 0) is 25.5 Å². The van der Waals surface area contributed by atoms with Crippen molar-refractivity contribution in [3.63, 3.8) is 0 Å². The molecule has 0 saturated carbocycles. The summed E-state index contributed by atoms with van der Waals surface area (Å²) in [6.07, 6.45) is 4.87. The zero-order valence-corrected chi connectivity index (χ0v) is 11.0. The molecule has 0 aromatic heterocycles. The van der Waals surface area contributed by atoms with Gasteiger partial charge in [0.25, 0.3) is 0 Å². The minimum atomic E-state index is 0.0629. The van der Waals surface area contributed by atoms with E-state index in [4.69, 9.17) is 0 Å². The summed E-state index contributed by atoms with van der Waals surface area (Å²) >= 11 is 0. The fourth-order valence-corrected chi connectivity index (χ4v) is 2.03. The van der Waals surface area contributed by atoms with Gasteiger partial charge in [0.1, 0.15) is 11.5 Å². The Morgan fingerprint density at radius 1 is 1.37 bits per heavy atom. The Morgan fingerprint density at radius 2 is 2.11 bits per heavy atom. The fraction of sp³-hybridized carbons (Fsp3) is 0.357. The normalized spacial score (nSPS) is 14.8. The Kier molecular flexibility index (Phi) is 4.28. The summed E-state index contributed by atoms with van der Waals surface area (Å²) in [6, 6.07) is 4.71. The molecule has 3 N–H and O–H groups in total. The first-order chi connectivity index (χ1) is 9.18. The second-order valence-corrected chi connectivity index (χ2v) is 4.48. The Labute approximate surface area is 112 Å². The molecule has 0 spiro atoms. The summed E-state index contributed by atoms with van der Waals surface area (Å²) in [6.45, 7) is 4.26. The topological polar surface area (TPSA) is 68.1 Å². The number of hydrogen-bond acceptors (Lipinski definition) is 5. The molecule has 0 saturated heterocycles. The molecular formula is C14H19N3O2. The number of phenolic OH excluding ortho intramolecular Hbond substituents is 2. The lowest BCUT2D eigenvalue weighted by Crippen LogP contribution is -2.22. The van der Waals surface area contributed by atoms with Crippen LogP contribution in [0.15, 0.2) is 35.6 Å². The van der Waals surface area contributed by atoms with E-state index in [0.717, 1.165) is 19.6 Å². The van der Waals surface area contributed by atoms with Gasteiger partial charge in [0, 0.05) is 31.2 Å². The second kappa shape index (κ2) is 6.13. The minimum Gasteiger partial charge on any atom is -0.507 e. The average molecular weight is 261 g/mol. The number of phenols is 2. The number of aliphatic imine (C=N–C) groups is 1. The summed E-state index contributed by atoms with van der Waals surface area (Å²) in [5.41, 5.74) is 1.08. The highest BCUT2D eigenvalue weighted by Crippen LogP contribution is 2.26. The van der Waals surface area contributed by atoms with Crippen molar-refractivity contribution in [2.75, 3.05) is 19.8 Å². The van der Waals surface area contributed by atoms with Gasteiger partial charge >= 0.3 is 0 Å². The minimum absolute atomic E-state index is 0.0629. The van der Waals surface area contributed by atoms with Gasteiger partial charge in [0.15, 0.2) is 0 Å². The molecule has 1 aliphatic heterocycles. The van der Waals surface area contributed by atoms with E-state index in [2.05, 4.69) is 15.2 Å². The molecule has 2 rings (SSSR count). The van der Waals surface area contributed by atoms with Crippen LogP contribution in [0, 0.1) is 0 Å². The molecule has 19 heavy (non-hydrogen) atoms. The number of nitrogens with one attached hydrogen (secondary N) is 1. The molecule has 0 amide bonds. The van der Waals surface area contributed by atoms with E-state index in [-0.39, 0.29) is 11.5 Å². The van der Waals surface area contributed by atoms with Crippen LogP contribution in [-0.2, 0) is 0 Å². The number of rotatable bonds is 5. The number of hydrogen-bond donors (Lipinski definition) is 3. The van der Waals surface area contributed by atoms with E-state index in [1.165, 1.54) is 0 Å². The first-order valence-electron chi connectivity index (χ1n) is 6.35. The summed E-state index contributed by atoms with van der Waals surface area (Å²) in [4.78, 5) is 6.57. The molecule has 1 aromatic carbocycles. The first kappa shape index (κ1) is 13.3. The Balaban J connectivity index is 1.89. The molecule has 1 aromatic rings. The smallest absolute Gasteiger partial charge is 0.128 e. The van der Waals surface area contributed by atoms with Crippen LogP contribution in [0.5, 0.6) is 11.5 Å². The maximum Gasteiger partial charge on any atom is 0.128 e. The highest BCUT2D eigenvalue weighted by Gasteiger charge is 2.09. The van der Waals surface area contributed by atoms with E-state index in [0.29, 0.717) is 17.8 Å². The van der Waals surface area contributed by atoms with Crippen molar-refractivity contribution in [3.05, 3.63) is 36.2 Å². The van der Waals surface area contributed by atoms with Crippen molar-refractivity contribution >= 4 is 5.71 Å². The maximum atomic E-state index is 9.72. The highest BCUT2D eigenvalue weighted by atomic mass is 16.3. The lowest BCUT2D eigenvalue weighted by molar-refractivity contribution is 0.387. The van der Waals surface area contributed by atoms with Crippen LogP contribution in [0.3, 0.4) is 0 Å². The van der Waals surface area contributed by atoms with Crippen LogP contribution in [0.2, 0.25) is 0 Å². The van der Waals surface area contributed by atoms with Crippen LogP contribution >= 0.6 is 0 Å². The lowest BCUT2D eigenvalue weighted by Gasteiger charge is -2.13. The second-order valence-electron chi connectivity index (χ2n) is 4.48. The van der Waals surface area contributed by atoms with Gasteiger partial charge in [0.05, 0.1) is 12.2 Å². The molecule has 0 radical (unpaired) electrons. The summed E-state index contributed by atoms with van der Waals surface area (Å²) in [5, 5.41) is 22.6. The predicted octanol–water partition coefficient (Wildman–Crippen LogP) is 1.63. The van der Waals surface area contributed by atoms with Crippen molar-refractivity contribution in [1.29, 1.82) is 0 Å². The Hall–Kier alpha value is -2.17. The van der Waals surface area contributed by atoms with Gasteiger partial charge in [-0.1, -0.05) is 6.07 Å². The van der Waals surface area contributed by atoms with Crippen molar-refractivity contribution in [1.82, 2.24) is 10.2 Å². The Morgan fingerprint density at radius 3 is 2.74 bits per heavy atom. The SMILES string of the molecule is CC(=NCCCN1C=CNC1)c1c(O)cccc1O. The van der Waals surface area contributed by atoms with Crippen LogP contribution in [0.1, 0.15) is 18.9 Å². The van der Waals surface area contributed by atoms with Gasteiger partial charge in [0.2, 0.25) is 0 Å². The van der Waals surface area contributed by atoms with E-state index < -0.39 is 0 Å². The quantitative estimate of drug-likeness (QED) is 0.556. The number of aromatic hydroxyl groups is 2. The molecule has 0 aliphatic carbocycles. The van der Waals surface area contributed by atoms with E-state index >= 15 is 0 Å². The highest BCUT2D eigenvalue weighted by molar-refractivity contribution is 6.03. The molecule has 102 valence electrons. The standard InChI is InChI=1S/C14H19N3O2/c1-11(14-12(18)4-2-5-13(14)19)16-6-3-8-17-9-7-15-10-17/h2,4-5,7,9,15,18-19H,3,6,8,10H2,1H3. The third-order valence-corrected chi connectivity index (χ3v) is 3.03.